The highest BCUT2D eigenvalue weighted by molar-refractivity contribution is 5.93. The molecule has 2 saturated heterocycles. The topological polar surface area (TPSA) is 88.6 Å². The number of nitrogens with one attached hydrogen (secondary N) is 2. The number of hydrogen-bond acceptors (Lipinski definition) is 7. The summed E-state index contributed by atoms with van der Waals surface area (Å²) in [7, 11) is 1.64. The molecule has 2 aromatic carbocycles. The molecule has 5 rings (SSSR count). The molecule has 8 nitrogen and oxygen atoms in total. The average molecular weight is 462 g/mol. The highest BCUT2D eigenvalue weighted by atomic mass is 16.5. The van der Waals surface area contributed by atoms with E-state index in [1.807, 2.05) is 42.5 Å². The fourth-order valence-electron chi connectivity index (χ4n) is 4.96. The first kappa shape index (κ1) is 22.4. The van der Waals surface area contributed by atoms with E-state index in [0.29, 0.717) is 18.1 Å². The minimum absolute atomic E-state index is 0.112. The van der Waals surface area contributed by atoms with Crippen LogP contribution >= 0.6 is 0 Å². The minimum Gasteiger partial charge on any atom is -0.493 e. The lowest BCUT2D eigenvalue weighted by molar-refractivity contribution is -0.130. The van der Waals surface area contributed by atoms with Gasteiger partial charge in [-0.15, -0.1) is 0 Å². The number of likely N-dealkylation sites (tertiary alicyclic amines) is 1. The zero-order valence-electron chi connectivity index (χ0n) is 19.5. The third kappa shape index (κ3) is 4.63. The molecule has 3 heterocycles. The van der Waals surface area contributed by atoms with Gasteiger partial charge in [-0.3, -0.25) is 4.79 Å². The van der Waals surface area contributed by atoms with E-state index >= 15 is 0 Å². The van der Waals surface area contributed by atoms with Crippen LogP contribution in [0.5, 0.6) is 11.5 Å². The van der Waals surface area contributed by atoms with E-state index < -0.39 is 0 Å². The van der Waals surface area contributed by atoms with Gasteiger partial charge in [0, 0.05) is 30.2 Å². The lowest BCUT2D eigenvalue weighted by Crippen LogP contribution is -2.44. The highest BCUT2D eigenvalue weighted by Gasteiger charge is 2.44. The first-order valence-electron chi connectivity index (χ1n) is 12.0. The van der Waals surface area contributed by atoms with Crippen molar-refractivity contribution in [3.63, 3.8) is 0 Å². The quantitative estimate of drug-likeness (QED) is 0.494. The summed E-state index contributed by atoms with van der Waals surface area (Å²) in [6, 6.07) is 13.8. The summed E-state index contributed by atoms with van der Waals surface area (Å²) in [5.41, 5.74) is 1.63. The van der Waals surface area contributed by atoms with Crippen LogP contribution in [0.4, 0.5) is 11.5 Å². The van der Waals surface area contributed by atoms with Crippen molar-refractivity contribution in [2.45, 2.75) is 25.7 Å². The molecule has 2 fully saturated rings. The molecule has 1 amide bonds. The second-order valence-corrected chi connectivity index (χ2v) is 9.06. The molecule has 1 aromatic heterocycles. The third-order valence-electron chi connectivity index (χ3n) is 7.02. The van der Waals surface area contributed by atoms with Crippen molar-refractivity contribution in [2.24, 2.45) is 5.41 Å². The molecule has 0 unspecified atom stereocenters. The average Bonchev–Trinajstić information content (AvgIpc) is 3.22. The Balaban J connectivity index is 1.21. The fraction of sp³-hybridized carbons (Fsp3) is 0.423. The molecule has 34 heavy (non-hydrogen) atoms. The van der Waals surface area contributed by atoms with E-state index in [-0.39, 0.29) is 11.3 Å². The summed E-state index contributed by atoms with van der Waals surface area (Å²) in [6.45, 7) is 4.31. The number of nitrogens with zero attached hydrogens (tertiary/aromatic N) is 3. The molecule has 2 aliphatic heterocycles. The minimum atomic E-state index is -0.112. The van der Waals surface area contributed by atoms with Gasteiger partial charge in [0.25, 0.3) is 0 Å². The van der Waals surface area contributed by atoms with Crippen LogP contribution in [0.15, 0.2) is 48.8 Å². The summed E-state index contributed by atoms with van der Waals surface area (Å²) >= 11 is 0. The van der Waals surface area contributed by atoms with Crippen LogP contribution in [-0.4, -0.2) is 60.7 Å². The van der Waals surface area contributed by atoms with Crippen molar-refractivity contribution in [3.05, 3.63) is 48.8 Å². The lowest BCUT2D eigenvalue weighted by atomic mass is 9.77. The number of amides is 1. The molecule has 0 saturated carbocycles. The predicted molar refractivity (Wildman–Crippen MR) is 132 cm³/mol. The molecule has 0 aliphatic carbocycles. The van der Waals surface area contributed by atoms with Crippen molar-refractivity contribution in [1.29, 1.82) is 0 Å². The number of anilines is 2. The Hall–Kier alpha value is -3.39. The molecule has 2 aliphatic rings. The number of piperidine rings is 1. The molecular formula is C26H31N5O3. The molecule has 0 atom stereocenters. The van der Waals surface area contributed by atoms with Gasteiger partial charge in [0.1, 0.15) is 12.1 Å². The van der Waals surface area contributed by atoms with E-state index in [0.717, 1.165) is 74.3 Å². The van der Waals surface area contributed by atoms with Gasteiger partial charge in [-0.2, -0.15) is 0 Å². The van der Waals surface area contributed by atoms with Crippen molar-refractivity contribution in [1.82, 2.24) is 20.2 Å². The van der Waals surface area contributed by atoms with Crippen LogP contribution in [0.1, 0.15) is 25.7 Å². The molecule has 178 valence electrons. The Morgan fingerprint density at radius 3 is 2.65 bits per heavy atom. The smallest absolute Gasteiger partial charge is 0.226 e. The van der Waals surface area contributed by atoms with Gasteiger partial charge in [0.05, 0.1) is 24.6 Å². The Labute approximate surface area is 199 Å². The van der Waals surface area contributed by atoms with Gasteiger partial charge in [0.15, 0.2) is 11.5 Å². The van der Waals surface area contributed by atoms with Gasteiger partial charge in [-0.05, 0) is 57.0 Å². The van der Waals surface area contributed by atoms with Crippen LogP contribution < -0.4 is 20.1 Å². The number of rotatable bonds is 8. The monoisotopic (exact) mass is 461 g/mol. The van der Waals surface area contributed by atoms with E-state index in [4.69, 9.17) is 9.47 Å². The fourth-order valence-corrected chi connectivity index (χ4v) is 4.96. The summed E-state index contributed by atoms with van der Waals surface area (Å²) in [6.07, 6.45) is 5.34. The standard InChI is InChI=1S/C26H31N5O3/c1-33-22-17-21-20(24(29-18-28-21)30-19-6-3-2-4-7-19)16-23(22)34-15-5-12-31-13-9-26(10-14-31)8-11-27-25(26)32/h2-4,6-7,16-18H,5,8-15H2,1H3,(H,27,32)(H,28,29,30). The van der Waals surface area contributed by atoms with Crippen LogP contribution in [0, 0.1) is 5.41 Å². The number of methoxy groups -OCH3 is 1. The zero-order valence-corrected chi connectivity index (χ0v) is 19.5. The number of carbonyl (C=O) groups excluding carboxylic acids is 1. The molecule has 1 spiro atoms. The number of hydrogen-bond donors (Lipinski definition) is 2. The van der Waals surface area contributed by atoms with E-state index in [1.165, 1.54) is 0 Å². The Morgan fingerprint density at radius 2 is 1.91 bits per heavy atom. The zero-order chi connectivity index (χ0) is 23.4. The number of benzene rings is 2. The van der Waals surface area contributed by atoms with Gasteiger partial charge >= 0.3 is 0 Å². The maximum absolute atomic E-state index is 12.2. The van der Waals surface area contributed by atoms with Crippen molar-refractivity contribution < 1.29 is 14.3 Å². The Bertz CT molecular complexity index is 1150. The first-order chi connectivity index (χ1) is 16.7. The van der Waals surface area contributed by atoms with E-state index in [9.17, 15) is 4.79 Å². The number of aromatic nitrogens is 2. The van der Waals surface area contributed by atoms with Gasteiger partial charge in [0.2, 0.25) is 5.91 Å². The Kier molecular flexibility index (Phi) is 6.49. The summed E-state index contributed by atoms with van der Waals surface area (Å²) in [5.74, 6) is 2.32. The third-order valence-corrected chi connectivity index (χ3v) is 7.02. The van der Waals surface area contributed by atoms with Crippen LogP contribution in [0.3, 0.4) is 0 Å². The SMILES string of the molecule is COc1cc2ncnc(Nc3ccccc3)c2cc1OCCCN1CCC2(CCNC2=O)CC1. The van der Waals surface area contributed by atoms with Crippen LogP contribution in [0.25, 0.3) is 10.9 Å². The number of carbonyl (C=O) groups is 1. The summed E-state index contributed by atoms with van der Waals surface area (Å²) < 4.78 is 11.7. The normalized spacial score (nSPS) is 17.6. The van der Waals surface area contributed by atoms with E-state index in [2.05, 4.69) is 25.5 Å². The molecule has 0 radical (unpaired) electrons. The van der Waals surface area contributed by atoms with Gasteiger partial charge in [-0.1, -0.05) is 18.2 Å². The second-order valence-electron chi connectivity index (χ2n) is 9.06. The molecule has 8 heteroatoms. The van der Waals surface area contributed by atoms with Crippen molar-refractivity contribution >= 4 is 28.3 Å². The first-order valence-corrected chi connectivity index (χ1v) is 12.0. The highest BCUT2D eigenvalue weighted by Crippen LogP contribution is 2.38. The van der Waals surface area contributed by atoms with E-state index in [1.54, 1.807) is 13.4 Å². The summed E-state index contributed by atoms with van der Waals surface area (Å²) in [4.78, 5) is 23.5. The predicted octanol–water partition coefficient (Wildman–Crippen LogP) is 3.75. The molecule has 3 aromatic rings. The maximum atomic E-state index is 12.2. The summed E-state index contributed by atoms with van der Waals surface area (Å²) in [5, 5.41) is 7.24. The van der Waals surface area contributed by atoms with Gasteiger partial charge < -0.3 is 25.0 Å². The van der Waals surface area contributed by atoms with Crippen LogP contribution in [0.2, 0.25) is 0 Å². The van der Waals surface area contributed by atoms with Gasteiger partial charge in [-0.25, -0.2) is 9.97 Å². The van der Waals surface area contributed by atoms with Crippen molar-refractivity contribution in [3.8, 4) is 11.5 Å². The Morgan fingerprint density at radius 1 is 1.09 bits per heavy atom. The van der Waals surface area contributed by atoms with Crippen molar-refractivity contribution in [2.75, 3.05) is 45.2 Å². The second kappa shape index (κ2) is 9.85. The maximum Gasteiger partial charge on any atom is 0.226 e. The molecule has 0 bridgehead atoms. The molecule has 2 N–H and O–H groups in total. The molecular weight excluding hydrogens is 430 g/mol. The number of fused-ring (bicyclic) bond motifs is 1. The lowest BCUT2D eigenvalue weighted by Gasteiger charge is -2.37. The van der Waals surface area contributed by atoms with Crippen LogP contribution in [-0.2, 0) is 4.79 Å². The number of para-hydroxylation sites is 1. The number of ether oxygens (including phenoxy) is 2. The largest absolute Gasteiger partial charge is 0.493 e.